The van der Waals surface area contributed by atoms with Crippen molar-refractivity contribution in [1.29, 1.82) is 0 Å². The zero-order valence-electron chi connectivity index (χ0n) is 8.01. The van der Waals surface area contributed by atoms with Gasteiger partial charge in [-0.25, -0.2) is 0 Å². The summed E-state index contributed by atoms with van der Waals surface area (Å²) < 4.78 is 37.5. The van der Waals surface area contributed by atoms with Gasteiger partial charge in [-0.2, -0.15) is 0 Å². The van der Waals surface area contributed by atoms with Gasteiger partial charge in [0, 0.05) is 0 Å². The van der Waals surface area contributed by atoms with Gasteiger partial charge < -0.3 is 0 Å². The molecule has 0 saturated heterocycles. The maximum atomic E-state index is 12.6. The molecule has 14 heavy (non-hydrogen) atoms. The van der Waals surface area contributed by atoms with Crippen LogP contribution in [0.2, 0.25) is 0 Å². The van der Waals surface area contributed by atoms with Gasteiger partial charge in [0.25, 0.3) is 0 Å². The summed E-state index contributed by atoms with van der Waals surface area (Å²) in [6.45, 7) is 0.340. The molecule has 0 spiro atoms. The minimum absolute atomic E-state index is 0.340. The normalized spacial score (nSPS) is 13.3. The van der Waals surface area contributed by atoms with Crippen molar-refractivity contribution in [1.82, 2.24) is 4.90 Å². The molecule has 0 saturated carbocycles. The van der Waals surface area contributed by atoms with Gasteiger partial charge in [0.05, 0.1) is 0 Å². The molecule has 1 rings (SSSR count). The van der Waals surface area contributed by atoms with Gasteiger partial charge >= 0.3 is 84.7 Å². The summed E-state index contributed by atoms with van der Waals surface area (Å²) in [5, 5.41) is 0. The molecule has 0 radical (unpaired) electrons. The number of nitrogens with zero attached hydrogens (tertiary/aromatic N) is 1. The van der Waals surface area contributed by atoms with Crippen LogP contribution >= 0.6 is 0 Å². The Labute approximate surface area is 85.1 Å². The van der Waals surface area contributed by atoms with Crippen LogP contribution in [0.25, 0.3) is 0 Å². The van der Waals surface area contributed by atoms with Crippen LogP contribution in [0.5, 0.6) is 0 Å². The Morgan fingerprint density at radius 2 is 1.71 bits per heavy atom. The average molecular weight is 270 g/mol. The molecule has 0 amide bonds. The van der Waals surface area contributed by atoms with Crippen LogP contribution in [0, 0.1) is 0 Å². The van der Waals surface area contributed by atoms with Crippen LogP contribution < -0.4 is 4.46 Å². The van der Waals surface area contributed by atoms with Crippen molar-refractivity contribution < 1.29 is 10.7 Å². The molecule has 0 aliphatic rings. The fraction of sp³-hybridized carbons (Fsp3) is 0.333. The predicted octanol–water partition coefficient (Wildman–Crippen LogP) is 1.80. The first kappa shape index (κ1) is 11.6. The summed E-state index contributed by atoms with van der Waals surface area (Å²) in [6.07, 6.45) is 0. The Morgan fingerprint density at radius 3 is 2.21 bits per heavy atom. The Kier molecular flexibility index (Phi) is 3.59. The van der Waals surface area contributed by atoms with E-state index in [-0.39, 0.29) is 0 Å². The van der Waals surface area contributed by atoms with Gasteiger partial charge in [-0.15, -0.1) is 0 Å². The van der Waals surface area contributed by atoms with Crippen molar-refractivity contribution in [2.75, 3.05) is 14.1 Å². The standard InChI is InChI=1S/C9H12F3NSe/c1-13(2)7-8-5-3-4-6-9(8)14(10,11)12/h3-6H,7H2,1-2H3. The Balaban J connectivity index is 3.04. The first-order valence-electron chi connectivity index (χ1n) is 4.06. The summed E-state index contributed by atoms with van der Waals surface area (Å²) in [5.74, 6) is 0. The van der Waals surface area contributed by atoms with Crippen LogP contribution in [-0.4, -0.2) is 33.2 Å². The van der Waals surface area contributed by atoms with Crippen molar-refractivity contribution in [2.24, 2.45) is 0 Å². The number of hydrogen-bond acceptors (Lipinski definition) is 1. The van der Waals surface area contributed by atoms with Crippen LogP contribution in [0.4, 0.5) is 10.7 Å². The molecule has 0 atom stereocenters. The van der Waals surface area contributed by atoms with Crippen LogP contribution in [0.15, 0.2) is 24.3 Å². The monoisotopic (exact) mass is 271 g/mol. The third-order valence-electron chi connectivity index (χ3n) is 1.71. The van der Waals surface area contributed by atoms with Gasteiger partial charge in [-0.1, -0.05) is 0 Å². The van der Waals surface area contributed by atoms with E-state index in [4.69, 9.17) is 0 Å². The SMILES string of the molecule is CN(C)Cc1ccccc1[Se](F)(F)F. The quantitative estimate of drug-likeness (QED) is 0.757. The van der Waals surface area contributed by atoms with Gasteiger partial charge in [0.2, 0.25) is 0 Å². The molecular weight excluding hydrogens is 258 g/mol. The maximum absolute atomic E-state index is 12.6. The molecule has 0 unspecified atom stereocenters. The van der Waals surface area contributed by atoms with Crippen molar-refractivity contribution in [3.05, 3.63) is 29.8 Å². The molecule has 0 aliphatic carbocycles. The molecule has 0 heterocycles. The third-order valence-corrected chi connectivity index (χ3v) is 3.59. The van der Waals surface area contributed by atoms with Crippen LogP contribution in [-0.2, 0) is 6.54 Å². The Bertz CT molecular complexity index is 309. The second kappa shape index (κ2) is 4.34. The molecule has 0 aliphatic heterocycles. The second-order valence-electron chi connectivity index (χ2n) is 3.25. The van der Waals surface area contributed by atoms with E-state index in [0.29, 0.717) is 12.1 Å². The topological polar surface area (TPSA) is 3.24 Å². The van der Waals surface area contributed by atoms with Crippen molar-refractivity contribution in [3.63, 3.8) is 0 Å². The number of hydrogen-bond donors (Lipinski definition) is 0. The van der Waals surface area contributed by atoms with Crippen LogP contribution in [0.3, 0.4) is 0 Å². The molecular formula is C9H12F3NSe. The number of rotatable bonds is 3. The van der Waals surface area contributed by atoms with Crippen molar-refractivity contribution >= 4 is 18.7 Å². The summed E-state index contributed by atoms with van der Waals surface area (Å²) in [6, 6.07) is 5.81. The number of halogens is 3. The van der Waals surface area contributed by atoms with E-state index >= 15 is 0 Å². The van der Waals surface area contributed by atoms with E-state index in [2.05, 4.69) is 0 Å². The summed E-state index contributed by atoms with van der Waals surface area (Å²) in [4.78, 5) is 1.74. The molecule has 1 aromatic rings. The molecule has 0 bridgehead atoms. The first-order chi connectivity index (χ1) is 6.41. The zero-order chi connectivity index (χ0) is 10.8. The van der Waals surface area contributed by atoms with E-state index in [1.165, 1.54) is 12.1 Å². The Morgan fingerprint density at radius 1 is 1.14 bits per heavy atom. The minimum atomic E-state index is -5.85. The van der Waals surface area contributed by atoms with E-state index in [9.17, 15) is 10.7 Å². The van der Waals surface area contributed by atoms with E-state index in [1.807, 2.05) is 0 Å². The third kappa shape index (κ3) is 3.01. The molecule has 1 nitrogen and oxygen atoms in total. The Hall–Kier alpha value is -0.511. The zero-order valence-corrected chi connectivity index (χ0v) is 9.72. The van der Waals surface area contributed by atoms with Gasteiger partial charge in [0.15, 0.2) is 0 Å². The summed E-state index contributed by atoms with van der Waals surface area (Å²) in [5.41, 5.74) is 0.380. The second-order valence-corrected chi connectivity index (χ2v) is 5.88. The van der Waals surface area contributed by atoms with Crippen molar-refractivity contribution in [2.45, 2.75) is 6.54 Å². The van der Waals surface area contributed by atoms with Gasteiger partial charge in [0.1, 0.15) is 0 Å². The first-order valence-corrected chi connectivity index (χ1v) is 6.86. The molecule has 5 heteroatoms. The fourth-order valence-corrected chi connectivity index (χ4v) is 2.59. The van der Waals surface area contributed by atoms with Crippen LogP contribution in [0.1, 0.15) is 5.56 Å². The molecule has 0 N–H and O–H groups in total. The number of benzene rings is 1. The van der Waals surface area contributed by atoms with E-state index in [0.717, 1.165) is 0 Å². The predicted molar refractivity (Wildman–Crippen MR) is 52.5 cm³/mol. The molecule has 1 aromatic carbocycles. The van der Waals surface area contributed by atoms with E-state index < -0.39 is 18.7 Å². The van der Waals surface area contributed by atoms with E-state index in [1.54, 1.807) is 31.1 Å². The fourth-order valence-electron chi connectivity index (χ4n) is 1.20. The molecule has 0 fully saturated rings. The molecule has 80 valence electrons. The summed E-state index contributed by atoms with van der Waals surface area (Å²) in [7, 11) is 3.52. The van der Waals surface area contributed by atoms with Crippen molar-refractivity contribution in [3.8, 4) is 0 Å². The molecule has 0 aromatic heterocycles. The average Bonchev–Trinajstić information content (AvgIpc) is 2.01. The van der Waals surface area contributed by atoms with Gasteiger partial charge in [-0.3, -0.25) is 0 Å². The van der Waals surface area contributed by atoms with Gasteiger partial charge in [-0.05, 0) is 0 Å². The summed E-state index contributed by atoms with van der Waals surface area (Å²) >= 11 is -5.85.